The SMILES string of the molecule is O=C(c1c[nH]c2ncccc12)n1cccn1. The minimum absolute atomic E-state index is 0.163. The average Bonchev–Trinajstić information content (AvgIpc) is 2.98. The number of aromatic nitrogens is 4. The largest absolute Gasteiger partial charge is 0.345 e. The molecule has 0 aliphatic rings. The van der Waals surface area contributed by atoms with Crippen molar-refractivity contribution in [1.82, 2.24) is 19.7 Å². The Balaban J connectivity index is 2.16. The van der Waals surface area contributed by atoms with Crippen LogP contribution in [0.2, 0.25) is 0 Å². The van der Waals surface area contributed by atoms with Crippen molar-refractivity contribution in [3.63, 3.8) is 0 Å². The van der Waals surface area contributed by atoms with E-state index in [2.05, 4.69) is 15.1 Å². The summed E-state index contributed by atoms with van der Waals surface area (Å²) in [6.45, 7) is 0. The Labute approximate surface area is 90.7 Å². The van der Waals surface area contributed by atoms with Gasteiger partial charge < -0.3 is 4.98 Å². The maximum Gasteiger partial charge on any atom is 0.280 e. The molecule has 0 radical (unpaired) electrons. The standard InChI is InChI=1S/C11H8N4O/c16-11(15-6-2-5-14-15)9-7-13-10-8(9)3-1-4-12-10/h1-7H,(H,12,13). The highest BCUT2D eigenvalue weighted by Crippen LogP contribution is 2.16. The van der Waals surface area contributed by atoms with Crippen LogP contribution in [-0.2, 0) is 0 Å². The van der Waals surface area contributed by atoms with Crippen LogP contribution in [0.15, 0.2) is 43.0 Å². The lowest BCUT2D eigenvalue weighted by atomic mass is 10.2. The zero-order valence-electron chi connectivity index (χ0n) is 8.29. The lowest BCUT2D eigenvalue weighted by Gasteiger charge is -1.97. The van der Waals surface area contributed by atoms with Crippen LogP contribution in [-0.4, -0.2) is 25.7 Å². The molecule has 0 bridgehead atoms. The highest BCUT2D eigenvalue weighted by Gasteiger charge is 2.13. The van der Waals surface area contributed by atoms with Crippen molar-refractivity contribution in [3.05, 3.63) is 48.5 Å². The van der Waals surface area contributed by atoms with Crippen molar-refractivity contribution in [2.24, 2.45) is 0 Å². The van der Waals surface area contributed by atoms with Gasteiger partial charge in [-0.1, -0.05) is 0 Å². The zero-order valence-corrected chi connectivity index (χ0v) is 8.29. The molecule has 0 fully saturated rings. The highest BCUT2D eigenvalue weighted by atomic mass is 16.2. The molecule has 3 rings (SSSR count). The fourth-order valence-electron chi connectivity index (χ4n) is 1.65. The first-order valence-electron chi connectivity index (χ1n) is 4.83. The number of hydrogen-bond acceptors (Lipinski definition) is 3. The second kappa shape index (κ2) is 3.30. The number of nitrogens with zero attached hydrogens (tertiary/aromatic N) is 3. The molecular formula is C11H8N4O. The lowest BCUT2D eigenvalue weighted by Crippen LogP contribution is -2.11. The summed E-state index contributed by atoms with van der Waals surface area (Å²) in [4.78, 5) is 19.1. The van der Waals surface area contributed by atoms with Crippen LogP contribution in [0.3, 0.4) is 0 Å². The van der Waals surface area contributed by atoms with Gasteiger partial charge in [0.2, 0.25) is 0 Å². The third-order valence-electron chi connectivity index (χ3n) is 2.39. The van der Waals surface area contributed by atoms with Gasteiger partial charge in [0, 0.05) is 30.2 Å². The Hall–Kier alpha value is -2.43. The number of pyridine rings is 1. The van der Waals surface area contributed by atoms with E-state index in [9.17, 15) is 4.79 Å². The van der Waals surface area contributed by atoms with E-state index in [0.29, 0.717) is 11.2 Å². The van der Waals surface area contributed by atoms with E-state index in [0.717, 1.165) is 5.39 Å². The molecule has 0 aliphatic heterocycles. The van der Waals surface area contributed by atoms with Crippen molar-refractivity contribution in [1.29, 1.82) is 0 Å². The molecular weight excluding hydrogens is 204 g/mol. The van der Waals surface area contributed by atoms with E-state index in [4.69, 9.17) is 0 Å². The van der Waals surface area contributed by atoms with Gasteiger partial charge in [0.15, 0.2) is 0 Å². The van der Waals surface area contributed by atoms with E-state index in [1.54, 1.807) is 36.9 Å². The van der Waals surface area contributed by atoms with E-state index >= 15 is 0 Å². The van der Waals surface area contributed by atoms with Gasteiger partial charge in [-0.25, -0.2) is 9.67 Å². The predicted molar refractivity (Wildman–Crippen MR) is 58.0 cm³/mol. The van der Waals surface area contributed by atoms with Gasteiger partial charge >= 0.3 is 0 Å². The first-order chi connectivity index (χ1) is 7.86. The van der Waals surface area contributed by atoms with E-state index in [-0.39, 0.29) is 5.91 Å². The molecule has 16 heavy (non-hydrogen) atoms. The molecule has 1 N–H and O–H groups in total. The molecule has 3 aromatic rings. The fourth-order valence-corrected chi connectivity index (χ4v) is 1.65. The molecule has 0 amide bonds. The number of carbonyl (C=O) groups excluding carboxylic acids is 1. The Morgan fingerprint density at radius 3 is 3.06 bits per heavy atom. The second-order valence-corrected chi connectivity index (χ2v) is 3.36. The fraction of sp³-hybridized carbons (Fsp3) is 0. The molecule has 0 saturated heterocycles. The summed E-state index contributed by atoms with van der Waals surface area (Å²) in [7, 11) is 0. The van der Waals surface area contributed by atoms with Crippen molar-refractivity contribution < 1.29 is 4.79 Å². The summed E-state index contributed by atoms with van der Waals surface area (Å²) in [5.74, 6) is -0.163. The zero-order chi connectivity index (χ0) is 11.0. The Kier molecular flexibility index (Phi) is 1.83. The molecule has 0 aromatic carbocycles. The van der Waals surface area contributed by atoms with E-state index in [1.807, 2.05) is 6.07 Å². The van der Waals surface area contributed by atoms with Crippen molar-refractivity contribution in [2.45, 2.75) is 0 Å². The minimum atomic E-state index is -0.163. The van der Waals surface area contributed by atoms with Gasteiger partial charge in [0.25, 0.3) is 5.91 Å². The summed E-state index contributed by atoms with van der Waals surface area (Å²) in [5.41, 5.74) is 1.28. The first-order valence-corrected chi connectivity index (χ1v) is 4.83. The smallest absolute Gasteiger partial charge is 0.280 e. The number of hydrogen-bond donors (Lipinski definition) is 1. The van der Waals surface area contributed by atoms with Gasteiger partial charge in [0.05, 0.1) is 5.56 Å². The number of fused-ring (bicyclic) bond motifs is 1. The molecule has 3 heterocycles. The first kappa shape index (κ1) is 8.84. The minimum Gasteiger partial charge on any atom is -0.345 e. The maximum atomic E-state index is 12.0. The number of rotatable bonds is 1. The van der Waals surface area contributed by atoms with Crippen molar-refractivity contribution in [2.75, 3.05) is 0 Å². The number of aromatic amines is 1. The highest BCUT2D eigenvalue weighted by molar-refractivity contribution is 6.06. The summed E-state index contributed by atoms with van der Waals surface area (Å²) in [6.07, 6.45) is 6.53. The third kappa shape index (κ3) is 1.22. The number of H-pyrrole nitrogens is 1. The van der Waals surface area contributed by atoms with Crippen LogP contribution in [0.5, 0.6) is 0 Å². The van der Waals surface area contributed by atoms with Crippen LogP contribution in [0.4, 0.5) is 0 Å². The molecule has 5 nitrogen and oxygen atoms in total. The second-order valence-electron chi connectivity index (χ2n) is 3.36. The van der Waals surface area contributed by atoms with Gasteiger partial charge in [-0.05, 0) is 18.2 Å². The number of nitrogens with one attached hydrogen (secondary N) is 1. The van der Waals surface area contributed by atoms with Crippen LogP contribution in [0.1, 0.15) is 10.4 Å². The van der Waals surface area contributed by atoms with E-state index in [1.165, 1.54) is 4.68 Å². The summed E-state index contributed by atoms with van der Waals surface area (Å²) >= 11 is 0. The normalized spacial score (nSPS) is 10.8. The van der Waals surface area contributed by atoms with Crippen molar-refractivity contribution >= 4 is 16.9 Å². The van der Waals surface area contributed by atoms with Gasteiger partial charge in [-0.2, -0.15) is 5.10 Å². The number of carbonyl (C=O) groups is 1. The molecule has 78 valence electrons. The lowest BCUT2D eigenvalue weighted by molar-refractivity contribution is 0.0947. The molecule has 0 unspecified atom stereocenters. The molecule has 3 aromatic heterocycles. The summed E-state index contributed by atoms with van der Waals surface area (Å²) < 4.78 is 1.30. The molecule has 5 heteroatoms. The predicted octanol–water partition coefficient (Wildman–Crippen LogP) is 1.45. The Morgan fingerprint density at radius 1 is 1.31 bits per heavy atom. The topological polar surface area (TPSA) is 63.6 Å². The monoisotopic (exact) mass is 212 g/mol. The maximum absolute atomic E-state index is 12.0. The molecule has 0 atom stereocenters. The summed E-state index contributed by atoms with van der Waals surface area (Å²) in [5, 5.41) is 4.72. The quantitative estimate of drug-likeness (QED) is 0.664. The Bertz CT molecular complexity index is 639. The molecule has 0 saturated carbocycles. The van der Waals surface area contributed by atoms with Gasteiger partial charge in [0.1, 0.15) is 5.65 Å². The Morgan fingerprint density at radius 2 is 2.25 bits per heavy atom. The van der Waals surface area contributed by atoms with Crippen LogP contribution < -0.4 is 0 Å². The molecule has 0 aliphatic carbocycles. The average molecular weight is 212 g/mol. The van der Waals surface area contributed by atoms with Crippen LogP contribution in [0.25, 0.3) is 11.0 Å². The van der Waals surface area contributed by atoms with Crippen LogP contribution in [0, 0.1) is 0 Å². The van der Waals surface area contributed by atoms with Gasteiger partial charge in [-0.15, -0.1) is 0 Å². The summed E-state index contributed by atoms with van der Waals surface area (Å²) in [6, 6.07) is 5.37. The van der Waals surface area contributed by atoms with Gasteiger partial charge in [-0.3, -0.25) is 4.79 Å². The molecule has 0 spiro atoms. The van der Waals surface area contributed by atoms with Crippen LogP contribution >= 0.6 is 0 Å². The van der Waals surface area contributed by atoms with Crippen molar-refractivity contribution in [3.8, 4) is 0 Å². The third-order valence-corrected chi connectivity index (χ3v) is 2.39. The van der Waals surface area contributed by atoms with E-state index < -0.39 is 0 Å².